The van der Waals surface area contributed by atoms with E-state index in [0.29, 0.717) is 27.3 Å². The quantitative estimate of drug-likeness (QED) is 0.634. The Morgan fingerprint density at radius 1 is 1.20 bits per heavy atom. The van der Waals surface area contributed by atoms with Crippen molar-refractivity contribution in [1.29, 1.82) is 0 Å². The number of thioether (sulfide) groups is 1. The van der Waals surface area contributed by atoms with E-state index in [4.69, 9.17) is 21.7 Å². The predicted molar refractivity (Wildman–Crippen MR) is 100 cm³/mol. The molecule has 1 aliphatic rings. The van der Waals surface area contributed by atoms with Gasteiger partial charge >= 0.3 is 0 Å². The molecule has 0 radical (unpaired) electrons. The highest BCUT2D eigenvalue weighted by atomic mass is 32.2. The lowest BCUT2D eigenvalue weighted by atomic mass is 10.2. The number of amides is 1. The maximum Gasteiger partial charge on any atom is 0.263 e. The molecule has 3 rings (SSSR count). The number of ether oxygens (including phenoxy) is 2. The fourth-order valence-electron chi connectivity index (χ4n) is 2.21. The van der Waals surface area contributed by atoms with Gasteiger partial charge in [-0.05, 0) is 41.5 Å². The summed E-state index contributed by atoms with van der Waals surface area (Å²) in [5.74, 6) is 0.619. The molecule has 1 N–H and O–H groups in total. The van der Waals surface area contributed by atoms with E-state index < -0.39 is 0 Å². The van der Waals surface area contributed by atoms with Crippen molar-refractivity contribution in [3.8, 4) is 11.5 Å². The molecule has 1 amide bonds. The number of halogens is 1. The van der Waals surface area contributed by atoms with Crippen LogP contribution in [0, 0.1) is 5.82 Å². The average Bonchev–Trinajstić information content (AvgIpc) is 2.92. The summed E-state index contributed by atoms with van der Waals surface area (Å²) in [5.41, 5.74) is 1.65. The second-order valence-electron chi connectivity index (χ2n) is 5.18. The molecule has 0 aromatic heterocycles. The molecule has 1 aliphatic heterocycles. The smallest absolute Gasteiger partial charge is 0.263 e. The molecular weight excluding hydrogens is 361 g/mol. The van der Waals surface area contributed by atoms with Gasteiger partial charge in [0.25, 0.3) is 5.91 Å². The van der Waals surface area contributed by atoms with Gasteiger partial charge in [0.2, 0.25) is 0 Å². The van der Waals surface area contributed by atoms with Gasteiger partial charge in [-0.2, -0.15) is 0 Å². The molecule has 128 valence electrons. The van der Waals surface area contributed by atoms with Gasteiger partial charge < -0.3 is 14.8 Å². The van der Waals surface area contributed by atoms with Crippen LogP contribution >= 0.6 is 24.0 Å². The number of rotatable bonds is 5. The van der Waals surface area contributed by atoms with E-state index in [9.17, 15) is 9.18 Å². The molecule has 0 spiro atoms. The number of carbonyl (C=O) groups is 1. The Balaban J connectivity index is 1.75. The molecule has 4 nitrogen and oxygen atoms in total. The van der Waals surface area contributed by atoms with E-state index in [2.05, 4.69) is 5.32 Å². The molecule has 0 atom stereocenters. The van der Waals surface area contributed by atoms with Crippen LogP contribution in [-0.4, -0.2) is 17.3 Å². The van der Waals surface area contributed by atoms with E-state index in [1.54, 1.807) is 37.5 Å². The molecule has 25 heavy (non-hydrogen) atoms. The Labute approximate surface area is 154 Å². The van der Waals surface area contributed by atoms with Crippen molar-refractivity contribution in [2.24, 2.45) is 0 Å². The summed E-state index contributed by atoms with van der Waals surface area (Å²) in [5, 5.41) is 2.57. The molecule has 2 aromatic carbocycles. The van der Waals surface area contributed by atoms with Crippen molar-refractivity contribution in [3.05, 3.63) is 64.3 Å². The largest absolute Gasteiger partial charge is 0.493 e. The molecule has 0 saturated carbocycles. The van der Waals surface area contributed by atoms with Crippen molar-refractivity contribution in [3.63, 3.8) is 0 Å². The fourth-order valence-corrected chi connectivity index (χ4v) is 3.25. The minimum absolute atomic E-state index is 0.203. The molecule has 2 aromatic rings. The third-order valence-corrected chi connectivity index (χ3v) is 4.60. The van der Waals surface area contributed by atoms with Crippen LogP contribution in [0.5, 0.6) is 11.5 Å². The monoisotopic (exact) mass is 375 g/mol. The van der Waals surface area contributed by atoms with Crippen LogP contribution in [-0.2, 0) is 11.4 Å². The first-order valence-electron chi connectivity index (χ1n) is 7.35. The number of hydrogen-bond donors (Lipinski definition) is 1. The van der Waals surface area contributed by atoms with Gasteiger partial charge in [0.1, 0.15) is 16.7 Å². The molecule has 0 aliphatic carbocycles. The third kappa shape index (κ3) is 4.37. The van der Waals surface area contributed by atoms with Gasteiger partial charge in [-0.15, -0.1) is 0 Å². The summed E-state index contributed by atoms with van der Waals surface area (Å²) in [6, 6.07) is 11.5. The van der Waals surface area contributed by atoms with Gasteiger partial charge in [0.05, 0.1) is 12.0 Å². The van der Waals surface area contributed by atoms with Crippen molar-refractivity contribution >= 4 is 40.3 Å². The van der Waals surface area contributed by atoms with E-state index >= 15 is 0 Å². The predicted octanol–water partition coefficient (Wildman–Crippen LogP) is 3.90. The van der Waals surface area contributed by atoms with Crippen LogP contribution in [0.2, 0.25) is 0 Å². The lowest BCUT2D eigenvalue weighted by Crippen LogP contribution is -2.17. The van der Waals surface area contributed by atoms with E-state index in [1.165, 1.54) is 23.9 Å². The lowest BCUT2D eigenvalue weighted by Gasteiger charge is -2.11. The highest BCUT2D eigenvalue weighted by Crippen LogP contribution is 2.32. The van der Waals surface area contributed by atoms with Gasteiger partial charge in [0.15, 0.2) is 11.5 Å². The van der Waals surface area contributed by atoms with Crippen LogP contribution in [0.15, 0.2) is 47.4 Å². The number of methoxy groups -OCH3 is 1. The summed E-state index contributed by atoms with van der Waals surface area (Å²) in [4.78, 5) is 12.3. The average molecular weight is 375 g/mol. The summed E-state index contributed by atoms with van der Waals surface area (Å²) in [6.07, 6.45) is 1.74. The van der Waals surface area contributed by atoms with E-state index in [-0.39, 0.29) is 11.7 Å². The fraction of sp³-hybridized carbons (Fsp3) is 0.111. The van der Waals surface area contributed by atoms with Crippen molar-refractivity contribution < 1.29 is 18.7 Å². The highest BCUT2D eigenvalue weighted by Gasteiger charge is 2.22. The molecule has 7 heteroatoms. The summed E-state index contributed by atoms with van der Waals surface area (Å²) < 4.78 is 24.5. The Bertz CT molecular complexity index is 850. The number of carbonyl (C=O) groups excluding carboxylic acids is 1. The summed E-state index contributed by atoms with van der Waals surface area (Å²) in [6.45, 7) is 0.295. The molecule has 1 saturated heterocycles. The van der Waals surface area contributed by atoms with Crippen LogP contribution in [0.1, 0.15) is 11.1 Å². The Hall–Kier alpha value is -2.38. The lowest BCUT2D eigenvalue weighted by molar-refractivity contribution is -0.115. The maximum atomic E-state index is 12.9. The van der Waals surface area contributed by atoms with Crippen molar-refractivity contribution in [2.45, 2.75) is 6.61 Å². The van der Waals surface area contributed by atoms with Gasteiger partial charge in [-0.3, -0.25) is 4.79 Å². The van der Waals surface area contributed by atoms with Crippen LogP contribution in [0.3, 0.4) is 0 Å². The van der Waals surface area contributed by atoms with Gasteiger partial charge in [-0.1, -0.05) is 42.2 Å². The first-order valence-corrected chi connectivity index (χ1v) is 8.58. The van der Waals surface area contributed by atoms with Crippen LogP contribution in [0.25, 0.3) is 6.08 Å². The van der Waals surface area contributed by atoms with Crippen LogP contribution < -0.4 is 14.8 Å². The Morgan fingerprint density at radius 2 is 1.96 bits per heavy atom. The zero-order chi connectivity index (χ0) is 17.8. The van der Waals surface area contributed by atoms with E-state index in [0.717, 1.165) is 11.1 Å². The van der Waals surface area contributed by atoms with Gasteiger partial charge in [-0.25, -0.2) is 4.39 Å². The van der Waals surface area contributed by atoms with Crippen molar-refractivity contribution in [1.82, 2.24) is 5.32 Å². The minimum atomic E-state index is -0.285. The number of hydrogen-bond acceptors (Lipinski definition) is 5. The number of thiocarbonyl (C=S) groups is 1. The Morgan fingerprint density at radius 3 is 2.60 bits per heavy atom. The topological polar surface area (TPSA) is 47.6 Å². The van der Waals surface area contributed by atoms with E-state index in [1.807, 2.05) is 6.07 Å². The Kier molecular flexibility index (Phi) is 5.35. The van der Waals surface area contributed by atoms with Crippen molar-refractivity contribution in [2.75, 3.05) is 7.11 Å². The number of nitrogens with one attached hydrogen (secondary N) is 1. The first-order chi connectivity index (χ1) is 12.0. The SMILES string of the molecule is COc1cc(/C=C2/SC(=S)NC2=O)ccc1OCc1ccc(F)cc1. The summed E-state index contributed by atoms with van der Waals surface area (Å²) in [7, 11) is 1.54. The standard InChI is InChI=1S/C18H14FNO3S2/c1-22-15-8-12(9-16-17(21)20-18(24)25-16)4-7-14(15)23-10-11-2-5-13(19)6-3-11/h2-9H,10H2,1H3,(H,20,21,24)/b16-9+. The maximum absolute atomic E-state index is 12.9. The molecule has 0 bridgehead atoms. The zero-order valence-electron chi connectivity index (χ0n) is 13.2. The minimum Gasteiger partial charge on any atom is -0.493 e. The highest BCUT2D eigenvalue weighted by molar-refractivity contribution is 8.26. The summed E-state index contributed by atoms with van der Waals surface area (Å²) >= 11 is 6.19. The molecule has 0 unspecified atom stereocenters. The zero-order valence-corrected chi connectivity index (χ0v) is 14.9. The van der Waals surface area contributed by atoms with Crippen LogP contribution in [0.4, 0.5) is 4.39 Å². The first kappa shape index (κ1) is 17.4. The number of benzene rings is 2. The molecular formula is C18H14FNO3S2. The molecule has 1 fully saturated rings. The van der Waals surface area contributed by atoms with Gasteiger partial charge in [0, 0.05) is 0 Å². The normalized spacial score (nSPS) is 15.4. The molecule has 1 heterocycles. The second-order valence-corrected chi connectivity index (χ2v) is 6.90. The third-order valence-electron chi connectivity index (χ3n) is 3.44. The second kappa shape index (κ2) is 7.67.